The fraction of sp³-hybridized carbons (Fsp3) is 0.818. The summed E-state index contributed by atoms with van der Waals surface area (Å²) in [5, 5.41) is 55.3. The molecule has 0 bridgehead atoms. The molecule has 0 spiro atoms. The Bertz CT molecular complexity index is 416. The summed E-state index contributed by atoms with van der Waals surface area (Å²) >= 11 is 5.46. The van der Waals surface area contributed by atoms with E-state index in [1.807, 2.05) is 0 Å². The van der Waals surface area contributed by atoms with Gasteiger partial charge in [0, 0.05) is 6.42 Å². The molecule has 0 aliphatic carbocycles. The molecule has 10 N–H and O–H groups in total. The topological polar surface area (TPSA) is 241 Å². The number of aliphatic hydroxyl groups excluding tert-OH is 4. The van der Waals surface area contributed by atoms with Crippen molar-refractivity contribution in [1.29, 1.82) is 0 Å². The maximum absolute atomic E-state index is 10.8. The average molecular weight is 572 g/mol. The van der Waals surface area contributed by atoms with Crippen molar-refractivity contribution >= 4 is 23.5 Å². The van der Waals surface area contributed by atoms with Gasteiger partial charge in [0.05, 0.1) is 13.2 Å². The fourth-order valence-electron chi connectivity index (χ4n) is 1.83. The first kappa shape index (κ1) is 29.4. The number of hydrogen-bond donors (Lipinski definition) is 6. The number of carboxylic acids is 2. The molecule has 0 aromatic heterocycles. The number of carbonyl (C=O) groups is 2. The first-order chi connectivity index (χ1) is 10.1. The van der Waals surface area contributed by atoms with E-state index in [1.54, 1.807) is 0 Å². The zero-order chi connectivity index (χ0) is 17.1. The van der Waals surface area contributed by atoms with Crippen LogP contribution in [0, 0.1) is 0 Å². The van der Waals surface area contributed by atoms with Crippen molar-refractivity contribution in [2.75, 3.05) is 13.2 Å². The maximum atomic E-state index is 10.8. The van der Waals surface area contributed by atoms with Crippen molar-refractivity contribution in [2.45, 2.75) is 42.0 Å². The molecule has 1 rings (SSSR count). The van der Waals surface area contributed by atoms with E-state index in [0.29, 0.717) is 0 Å². The van der Waals surface area contributed by atoms with Gasteiger partial charge >= 0.3 is 33.0 Å². The van der Waals surface area contributed by atoms with E-state index in [1.165, 1.54) is 0 Å². The molecular weight excluding hydrogens is 551 g/mol. The van der Waals surface area contributed by atoms with Crippen molar-refractivity contribution in [2.24, 2.45) is 0 Å². The second-order valence-electron chi connectivity index (χ2n) is 4.73. The smallest absolute Gasteiger partial charge is 0.693 e. The summed E-state index contributed by atoms with van der Waals surface area (Å²) < 4.78 is 9.97. The van der Waals surface area contributed by atoms with Gasteiger partial charge in [0.15, 0.2) is 6.29 Å². The SMILES string of the molecule is O=C(O)C(Cl)(CCOC1O[C@H](CO)[C@@H](O)[C@H](O)[C@@H]1O)C(=O)O.[NH2-].[NH2-].[Pt+2]. The monoisotopic (exact) mass is 571 g/mol. The number of alkyl halides is 1. The molecule has 25 heavy (non-hydrogen) atoms. The minimum Gasteiger partial charge on any atom is -0.693 e. The van der Waals surface area contributed by atoms with Crippen LogP contribution in [0.2, 0.25) is 0 Å². The Morgan fingerprint density at radius 3 is 1.92 bits per heavy atom. The number of halogens is 1. The van der Waals surface area contributed by atoms with E-state index in [4.69, 9.17) is 36.4 Å². The Balaban J connectivity index is -0.00000161. The average Bonchev–Trinajstić information content (AvgIpc) is 2.46. The van der Waals surface area contributed by atoms with Crippen LogP contribution in [0.3, 0.4) is 0 Å². The summed E-state index contributed by atoms with van der Waals surface area (Å²) in [6.07, 6.45) is -8.21. The van der Waals surface area contributed by atoms with Gasteiger partial charge in [-0.05, 0) is 0 Å². The van der Waals surface area contributed by atoms with Crippen LogP contribution in [0.15, 0.2) is 0 Å². The third-order valence-electron chi connectivity index (χ3n) is 3.26. The van der Waals surface area contributed by atoms with Crippen molar-refractivity contribution < 1.29 is 70.8 Å². The minimum absolute atomic E-state index is 0. The maximum Gasteiger partial charge on any atom is 2.00 e. The first-order valence-electron chi connectivity index (χ1n) is 6.23. The second-order valence-corrected chi connectivity index (χ2v) is 5.37. The van der Waals surface area contributed by atoms with E-state index in [9.17, 15) is 24.9 Å². The van der Waals surface area contributed by atoms with Gasteiger partial charge in [-0.2, -0.15) is 0 Å². The summed E-state index contributed by atoms with van der Waals surface area (Å²) in [4.78, 5) is 19.1. The fourth-order valence-corrected chi connectivity index (χ4v) is 1.90. The molecular formula is C11H21ClN2O10Pt. The molecule has 0 amide bonds. The van der Waals surface area contributed by atoms with Gasteiger partial charge in [-0.1, -0.05) is 11.6 Å². The van der Waals surface area contributed by atoms with Crippen LogP contribution < -0.4 is 0 Å². The molecule has 0 radical (unpaired) electrons. The van der Waals surface area contributed by atoms with E-state index < -0.39 is 67.2 Å². The first-order valence-corrected chi connectivity index (χ1v) is 6.60. The third-order valence-corrected chi connectivity index (χ3v) is 3.77. The van der Waals surface area contributed by atoms with Gasteiger partial charge in [0.2, 0.25) is 4.87 Å². The molecule has 1 heterocycles. The Kier molecular flexibility index (Phi) is 14.2. The Hall–Kier alpha value is -0.402. The molecule has 1 fully saturated rings. The summed E-state index contributed by atoms with van der Waals surface area (Å²) in [5.74, 6) is -3.56. The second kappa shape index (κ2) is 12.1. The van der Waals surface area contributed by atoms with Gasteiger partial charge in [-0.15, -0.1) is 0 Å². The number of carboxylic acid groups (broad SMARTS) is 2. The van der Waals surface area contributed by atoms with Crippen LogP contribution in [0.4, 0.5) is 0 Å². The zero-order valence-corrected chi connectivity index (χ0v) is 15.7. The van der Waals surface area contributed by atoms with Gasteiger partial charge in [-0.25, -0.2) is 9.59 Å². The van der Waals surface area contributed by atoms with Crippen molar-refractivity contribution in [3.8, 4) is 0 Å². The molecule has 1 aliphatic heterocycles. The molecule has 0 aromatic carbocycles. The van der Waals surface area contributed by atoms with Crippen molar-refractivity contribution in [3.63, 3.8) is 0 Å². The Morgan fingerprint density at radius 2 is 1.52 bits per heavy atom. The van der Waals surface area contributed by atoms with E-state index >= 15 is 0 Å². The third kappa shape index (κ3) is 6.68. The standard InChI is InChI=1S/C11H17ClO10.2H2N.Pt/c12-11(9(17)18,10(19)20)1-2-21-8-7(16)6(15)5(14)4(3-13)22-8;;;/h4-8,13-16H,1-3H2,(H,17,18)(H,19,20);2*1H2;/q;2*-1;+2/t4-,5-,6+,7+,8?;;;/m1.../s1. The number of aliphatic hydroxyl groups is 4. The molecule has 0 saturated carbocycles. The molecule has 0 aromatic rings. The predicted octanol–water partition coefficient (Wildman–Crippen LogP) is -1.23. The number of aliphatic carboxylic acids is 2. The molecule has 1 saturated heterocycles. The minimum atomic E-state index is -2.60. The Morgan fingerprint density at radius 1 is 1.04 bits per heavy atom. The molecule has 152 valence electrons. The molecule has 14 heteroatoms. The number of ether oxygens (including phenoxy) is 2. The number of nitrogens with two attached hydrogens (primary N) is 2. The van der Waals surface area contributed by atoms with Crippen LogP contribution >= 0.6 is 11.6 Å². The van der Waals surface area contributed by atoms with Crippen molar-refractivity contribution in [3.05, 3.63) is 12.3 Å². The van der Waals surface area contributed by atoms with Gasteiger partial charge in [-0.3, -0.25) is 0 Å². The van der Waals surface area contributed by atoms with Crippen molar-refractivity contribution in [1.82, 2.24) is 0 Å². The van der Waals surface area contributed by atoms with Crippen LogP contribution in [-0.2, 0) is 40.1 Å². The number of rotatable bonds is 7. The predicted molar refractivity (Wildman–Crippen MR) is 78.8 cm³/mol. The molecule has 12 nitrogen and oxygen atoms in total. The number of hydrogen-bond acceptors (Lipinski definition) is 8. The summed E-state index contributed by atoms with van der Waals surface area (Å²) in [6, 6.07) is 0. The van der Waals surface area contributed by atoms with E-state index in [-0.39, 0.29) is 33.4 Å². The van der Waals surface area contributed by atoms with E-state index in [0.717, 1.165) is 0 Å². The molecule has 5 atom stereocenters. The summed E-state index contributed by atoms with van der Waals surface area (Å²) in [6.45, 7) is -1.18. The van der Waals surface area contributed by atoms with Gasteiger partial charge in [0.25, 0.3) is 0 Å². The summed E-state index contributed by atoms with van der Waals surface area (Å²) in [5.41, 5.74) is 0. The van der Waals surface area contributed by atoms with Crippen LogP contribution in [0.1, 0.15) is 6.42 Å². The van der Waals surface area contributed by atoms with Crippen LogP contribution in [0.5, 0.6) is 0 Å². The van der Waals surface area contributed by atoms with Gasteiger partial charge < -0.3 is 52.4 Å². The quantitative estimate of drug-likeness (QED) is 0.157. The summed E-state index contributed by atoms with van der Waals surface area (Å²) in [7, 11) is 0. The van der Waals surface area contributed by atoms with E-state index in [2.05, 4.69) is 0 Å². The molecule has 1 unspecified atom stereocenters. The van der Waals surface area contributed by atoms with Crippen LogP contribution in [-0.4, -0.2) is 91.4 Å². The normalized spacial score (nSPS) is 28.8. The Labute approximate surface area is 162 Å². The zero-order valence-electron chi connectivity index (χ0n) is 12.7. The largest absolute Gasteiger partial charge is 2.00 e. The van der Waals surface area contributed by atoms with Crippen LogP contribution in [0.25, 0.3) is 12.3 Å². The van der Waals surface area contributed by atoms with Gasteiger partial charge in [0.1, 0.15) is 24.4 Å². The molecule has 1 aliphatic rings.